The maximum atomic E-state index is 12.6. The third-order valence-corrected chi connectivity index (χ3v) is 6.20. The standard InChI is InChI=1S/C14H17ClN2O2S/c1-17(12-5-3-2-4-6-12)20(18,19)14-8-7-11(10-16)9-13(14)15/h7-9,12H,2-6H2,1H3. The molecule has 0 saturated heterocycles. The number of hydrogen-bond donors (Lipinski definition) is 0. The molecule has 1 aromatic rings. The summed E-state index contributed by atoms with van der Waals surface area (Å²) in [5.41, 5.74) is 0.356. The molecule has 20 heavy (non-hydrogen) atoms. The Labute approximate surface area is 125 Å². The molecular weight excluding hydrogens is 296 g/mol. The summed E-state index contributed by atoms with van der Waals surface area (Å²) in [5.74, 6) is 0. The Morgan fingerprint density at radius 3 is 2.50 bits per heavy atom. The minimum atomic E-state index is -3.60. The highest BCUT2D eigenvalue weighted by Gasteiger charge is 2.30. The summed E-state index contributed by atoms with van der Waals surface area (Å²) in [7, 11) is -1.99. The fraction of sp³-hybridized carbons (Fsp3) is 0.500. The topological polar surface area (TPSA) is 61.2 Å². The highest BCUT2D eigenvalue weighted by atomic mass is 35.5. The van der Waals surface area contributed by atoms with E-state index in [1.807, 2.05) is 6.07 Å². The van der Waals surface area contributed by atoms with Crippen molar-refractivity contribution in [1.29, 1.82) is 5.26 Å². The molecule has 0 bridgehead atoms. The van der Waals surface area contributed by atoms with Crippen molar-refractivity contribution in [3.63, 3.8) is 0 Å². The molecule has 0 N–H and O–H groups in total. The number of hydrogen-bond acceptors (Lipinski definition) is 3. The number of halogens is 1. The number of nitrogens with zero attached hydrogens (tertiary/aromatic N) is 2. The number of benzene rings is 1. The van der Waals surface area contributed by atoms with Gasteiger partial charge in [0.25, 0.3) is 0 Å². The maximum Gasteiger partial charge on any atom is 0.244 e. The Kier molecular flexibility index (Phi) is 4.69. The van der Waals surface area contributed by atoms with Gasteiger partial charge in [0.05, 0.1) is 16.7 Å². The van der Waals surface area contributed by atoms with Gasteiger partial charge in [0, 0.05) is 13.1 Å². The van der Waals surface area contributed by atoms with Crippen molar-refractivity contribution in [3.05, 3.63) is 28.8 Å². The summed E-state index contributed by atoms with van der Waals surface area (Å²) in [5, 5.41) is 8.90. The summed E-state index contributed by atoms with van der Waals surface area (Å²) < 4.78 is 26.7. The van der Waals surface area contributed by atoms with Crippen LogP contribution in [0.3, 0.4) is 0 Å². The van der Waals surface area contributed by atoms with E-state index in [0.717, 1.165) is 25.7 Å². The second-order valence-corrected chi connectivity index (χ2v) is 7.44. The van der Waals surface area contributed by atoms with Gasteiger partial charge in [-0.25, -0.2) is 8.42 Å². The molecule has 4 nitrogen and oxygen atoms in total. The van der Waals surface area contributed by atoms with E-state index in [2.05, 4.69) is 0 Å². The van der Waals surface area contributed by atoms with Crippen molar-refractivity contribution in [1.82, 2.24) is 4.31 Å². The third-order valence-electron chi connectivity index (χ3n) is 3.81. The van der Waals surface area contributed by atoms with Crippen LogP contribution in [0.1, 0.15) is 37.7 Å². The van der Waals surface area contributed by atoms with E-state index in [0.29, 0.717) is 5.56 Å². The van der Waals surface area contributed by atoms with Gasteiger partial charge in [-0.2, -0.15) is 9.57 Å². The second kappa shape index (κ2) is 6.13. The first-order valence-electron chi connectivity index (χ1n) is 6.64. The quantitative estimate of drug-likeness (QED) is 0.861. The second-order valence-electron chi connectivity index (χ2n) is 5.07. The van der Waals surface area contributed by atoms with E-state index in [1.165, 1.54) is 28.9 Å². The van der Waals surface area contributed by atoms with Crippen molar-refractivity contribution in [2.75, 3.05) is 7.05 Å². The first kappa shape index (κ1) is 15.3. The van der Waals surface area contributed by atoms with Gasteiger partial charge < -0.3 is 0 Å². The lowest BCUT2D eigenvalue weighted by atomic mass is 9.96. The van der Waals surface area contributed by atoms with Crippen LogP contribution in [0.4, 0.5) is 0 Å². The molecule has 0 unspecified atom stereocenters. The molecular formula is C14H17ClN2O2S. The Hall–Kier alpha value is -1.09. The van der Waals surface area contributed by atoms with Crippen LogP contribution >= 0.6 is 11.6 Å². The predicted molar refractivity (Wildman–Crippen MR) is 78.0 cm³/mol. The van der Waals surface area contributed by atoms with Crippen LogP contribution < -0.4 is 0 Å². The van der Waals surface area contributed by atoms with E-state index in [9.17, 15) is 8.42 Å². The van der Waals surface area contributed by atoms with Crippen LogP contribution in [0.25, 0.3) is 0 Å². The predicted octanol–water partition coefficient (Wildman–Crippen LogP) is 3.16. The van der Waals surface area contributed by atoms with Crippen LogP contribution in [-0.2, 0) is 10.0 Å². The fourth-order valence-electron chi connectivity index (χ4n) is 2.58. The van der Waals surface area contributed by atoms with Crippen LogP contribution in [0.5, 0.6) is 0 Å². The van der Waals surface area contributed by atoms with E-state index >= 15 is 0 Å². The van der Waals surface area contributed by atoms with Gasteiger partial charge in [0.1, 0.15) is 4.90 Å². The lowest BCUT2D eigenvalue weighted by molar-refractivity contribution is 0.286. The molecule has 0 atom stereocenters. The van der Waals surface area contributed by atoms with Crippen LogP contribution in [-0.4, -0.2) is 25.8 Å². The van der Waals surface area contributed by atoms with Gasteiger partial charge in [-0.15, -0.1) is 0 Å². The number of sulfonamides is 1. The van der Waals surface area contributed by atoms with Crippen molar-refractivity contribution in [2.45, 2.75) is 43.0 Å². The smallest absolute Gasteiger partial charge is 0.207 e. The Morgan fingerprint density at radius 1 is 1.30 bits per heavy atom. The minimum absolute atomic E-state index is 0.0421. The molecule has 1 aliphatic rings. The Balaban J connectivity index is 2.32. The normalized spacial score (nSPS) is 17.1. The van der Waals surface area contributed by atoms with Gasteiger partial charge in [0.2, 0.25) is 10.0 Å². The molecule has 1 fully saturated rings. The van der Waals surface area contributed by atoms with E-state index in [1.54, 1.807) is 7.05 Å². The van der Waals surface area contributed by atoms with Crippen LogP contribution in [0.15, 0.2) is 23.1 Å². The van der Waals surface area contributed by atoms with Gasteiger partial charge in [-0.1, -0.05) is 30.9 Å². The van der Waals surface area contributed by atoms with Gasteiger partial charge in [-0.3, -0.25) is 0 Å². The summed E-state index contributed by atoms with van der Waals surface area (Å²) in [6, 6.07) is 6.27. The number of rotatable bonds is 3. The molecule has 0 aliphatic heterocycles. The summed E-state index contributed by atoms with van der Waals surface area (Å²) >= 11 is 6.02. The fourth-order valence-corrected chi connectivity index (χ4v) is 4.51. The minimum Gasteiger partial charge on any atom is -0.207 e. The van der Waals surface area contributed by atoms with Gasteiger partial charge >= 0.3 is 0 Å². The zero-order chi connectivity index (χ0) is 14.8. The largest absolute Gasteiger partial charge is 0.244 e. The Bertz CT molecular complexity index is 631. The molecule has 0 aromatic heterocycles. The molecule has 2 rings (SSSR count). The summed E-state index contributed by atoms with van der Waals surface area (Å²) in [6.45, 7) is 0. The third kappa shape index (κ3) is 2.98. The molecule has 1 aliphatic carbocycles. The highest BCUT2D eigenvalue weighted by Crippen LogP contribution is 2.30. The lowest BCUT2D eigenvalue weighted by Gasteiger charge is -2.30. The molecule has 0 radical (unpaired) electrons. The first-order chi connectivity index (χ1) is 9.46. The zero-order valence-electron chi connectivity index (χ0n) is 11.3. The van der Waals surface area contributed by atoms with Gasteiger partial charge in [0.15, 0.2) is 0 Å². The monoisotopic (exact) mass is 312 g/mol. The number of nitriles is 1. The SMILES string of the molecule is CN(C1CCCCC1)S(=O)(=O)c1ccc(C#N)cc1Cl. The summed E-state index contributed by atoms with van der Waals surface area (Å²) in [4.78, 5) is 0.0752. The maximum absolute atomic E-state index is 12.6. The van der Waals surface area contributed by atoms with Gasteiger partial charge in [-0.05, 0) is 31.0 Å². The van der Waals surface area contributed by atoms with Crippen LogP contribution in [0, 0.1) is 11.3 Å². The highest BCUT2D eigenvalue weighted by molar-refractivity contribution is 7.89. The summed E-state index contributed by atoms with van der Waals surface area (Å²) in [6.07, 6.45) is 5.08. The van der Waals surface area contributed by atoms with E-state index in [4.69, 9.17) is 16.9 Å². The molecule has 108 valence electrons. The van der Waals surface area contributed by atoms with Crippen molar-refractivity contribution < 1.29 is 8.42 Å². The van der Waals surface area contributed by atoms with Crippen molar-refractivity contribution in [2.24, 2.45) is 0 Å². The molecule has 1 saturated carbocycles. The van der Waals surface area contributed by atoms with Crippen LogP contribution in [0.2, 0.25) is 5.02 Å². The average molecular weight is 313 g/mol. The zero-order valence-corrected chi connectivity index (χ0v) is 12.9. The molecule has 0 spiro atoms. The lowest BCUT2D eigenvalue weighted by Crippen LogP contribution is -2.38. The van der Waals surface area contributed by atoms with Crippen molar-refractivity contribution >= 4 is 21.6 Å². The van der Waals surface area contributed by atoms with E-state index < -0.39 is 10.0 Å². The Morgan fingerprint density at radius 2 is 1.95 bits per heavy atom. The molecule has 0 amide bonds. The van der Waals surface area contributed by atoms with Crippen molar-refractivity contribution in [3.8, 4) is 6.07 Å². The average Bonchev–Trinajstić information content (AvgIpc) is 2.46. The first-order valence-corrected chi connectivity index (χ1v) is 8.46. The molecule has 1 aromatic carbocycles. The molecule has 0 heterocycles. The molecule has 6 heteroatoms. The van der Waals surface area contributed by atoms with E-state index in [-0.39, 0.29) is 16.0 Å².